The zero-order chi connectivity index (χ0) is 12.1. The lowest BCUT2D eigenvalue weighted by molar-refractivity contribution is 0.0352. The second-order valence-corrected chi connectivity index (χ2v) is 4.29. The van der Waals surface area contributed by atoms with Crippen molar-refractivity contribution in [1.82, 2.24) is 4.90 Å². The molecular formula is C13H20N2O2. The van der Waals surface area contributed by atoms with E-state index in [2.05, 4.69) is 4.90 Å². The molecule has 0 bridgehead atoms. The smallest absolute Gasteiger partial charge is 0.118 e. The van der Waals surface area contributed by atoms with E-state index in [1.807, 2.05) is 24.3 Å². The molecular weight excluding hydrogens is 216 g/mol. The summed E-state index contributed by atoms with van der Waals surface area (Å²) in [5, 5.41) is 0. The Bertz CT molecular complexity index is 334. The van der Waals surface area contributed by atoms with Gasteiger partial charge in [-0.25, -0.2) is 0 Å². The van der Waals surface area contributed by atoms with Crippen molar-refractivity contribution >= 4 is 0 Å². The molecule has 0 saturated carbocycles. The van der Waals surface area contributed by atoms with Crippen molar-refractivity contribution in [2.45, 2.75) is 6.04 Å². The van der Waals surface area contributed by atoms with Crippen molar-refractivity contribution in [1.29, 1.82) is 0 Å². The van der Waals surface area contributed by atoms with Crippen LogP contribution in [0.3, 0.4) is 0 Å². The third-order valence-corrected chi connectivity index (χ3v) is 3.10. The number of ether oxygens (including phenoxy) is 2. The quantitative estimate of drug-likeness (QED) is 0.848. The summed E-state index contributed by atoms with van der Waals surface area (Å²) < 4.78 is 10.4. The predicted octanol–water partition coefficient (Wildman–Crippen LogP) is 1.03. The highest BCUT2D eigenvalue weighted by molar-refractivity contribution is 5.29. The van der Waals surface area contributed by atoms with Gasteiger partial charge < -0.3 is 15.2 Å². The van der Waals surface area contributed by atoms with Gasteiger partial charge in [0.2, 0.25) is 0 Å². The average Bonchev–Trinajstić information content (AvgIpc) is 2.40. The molecule has 1 aromatic carbocycles. The number of benzene rings is 1. The summed E-state index contributed by atoms with van der Waals surface area (Å²) in [7, 11) is 1.67. The summed E-state index contributed by atoms with van der Waals surface area (Å²) in [4.78, 5) is 2.35. The highest BCUT2D eigenvalue weighted by atomic mass is 16.5. The number of methoxy groups -OCH3 is 1. The first-order chi connectivity index (χ1) is 8.29. The van der Waals surface area contributed by atoms with Gasteiger partial charge >= 0.3 is 0 Å². The molecule has 1 aliphatic rings. The number of hydrogen-bond donors (Lipinski definition) is 1. The molecule has 1 saturated heterocycles. The Hall–Kier alpha value is -1.10. The van der Waals surface area contributed by atoms with Gasteiger partial charge in [-0.15, -0.1) is 0 Å². The Labute approximate surface area is 102 Å². The zero-order valence-electron chi connectivity index (χ0n) is 10.3. The molecule has 2 rings (SSSR count). The van der Waals surface area contributed by atoms with Gasteiger partial charge in [0.05, 0.1) is 20.3 Å². The van der Waals surface area contributed by atoms with Crippen LogP contribution in [0.25, 0.3) is 0 Å². The largest absolute Gasteiger partial charge is 0.497 e. The van der Waals surface area contributed by atoms with Crippen molar-refractivity contribution in [2.75, 3.05) is 40.0 Å². The van der Waals surface area contributed by atoms with Crippen molar-refractivity contribution in [3.05, 3.63) is 29.8 Å². The van der Waals surface area contributed by atoms with Crippen LogP contribution in [0.4, 0.5) is 0 Å². The second kappa shape index (κ2) is 6.00. The molecule has 1 aromatic rings. The minimum Gasteiger partial charge on any atom is -0.497 e. The van der Waals surface area contributed by atoms with Crippen molar-refractivity contribution in [3.8, 4) is 5.75 Å². The maximum Gasteiger partial charge on any atom is 0.118 e. The fraction of sp³-hybridized carbons (Fsp3) is 0.538. The molecule has 94 valence electrons. The van der Waals surface area contributed by atoms with Crippen molar-refractivity contribution in [3.63, 3.8) is 0 Å². The summed E-state index contributed by atoms with van der Waals surface area (Å²) in [5.41, 5.74) is 7.34. The lowest BCUT2D eigenvalue weighted by Gasteiger charge is -2.29. The Kier molecular flexibility index (Phi) is 4.36. The Morgan fingerprint density at radius 3 is 2.53 bits per heavy atom. The predicted molar refractivity (Wildman–Crippen MR) is 67.2 cm³/mol. The molecule has 0 radical (unpaired) electrons. The first-order valence-electron chi connectivity index (χ1n) is 5.99. The SMILES string of the molecule is COc1ccc([C@H](N)CN2CCOCC2)cc1. The van der Waals surface area contributed by atoms with Crippen LogP contribution in [0.1, 0.15) is 11.6 Å². The first-order valence-corrected chi connectivity index (χ1v) is 5.99. The molecule has 1 aliphatic heterocycles. The average molecular weight is 236 g/mol. The monoisotopic (exact) mass is 236 g/mol. The number of hydrogen-bond acceptors (Lipinski definition) is 4. The molecule has 2 N–H and O–H groups in total. The van der Waals surface area contributed by atoms with E-state index >= 15 is 0 Å². The van der Waals surface area contributed by atoms with E-state index in [4.69, 9.17) is 15.2 Å². The van der Waals surface area contributed by atoms with Crippen molar-refractivity contribution < 1.29 is 9.47 Å². The highest BCUT2D eigenvalue weighted by Crippen LogP contribution is 2.17. The fourth-order valence-corrected chi connectivity index (χ4v) is 2.02. The van der Waals surface area contributed by atoms with Crippen LogP contribution in [0.2, 0.25) is 0 Å². The van der Waals surface area contributed by atoms with E-state index < -0.39 is 0 Å². The summed E-state index contributed by atoms with van der Waals surface area (Å²) in [5.74, 6) is 0.868. The molecule has 0 aromatic heterocycles. The molecule has 0 spiro atoms. The van der Waals surface area contributed by atoms with Crippen LogP contribution in [0.15, 0.2) is 24.3 Å². The standard InChI is InChI=1S/C13H20N2O2/c1-16-12-4-2-11(3-5-12)13(14)10-15-6-8-17-9-7-15/h2-5,13H,6-10,14H2,1H3/t13-/m1/s1. The molecule has 0 amide bonds. The van der Waals surface area contributed by atoms with Gasteiger partial charge in [-0.1, -0.05) is 12.1 Å². The van der Waals surface area contributed by atoms with Crippen LogP contribution in [0.5, 0.6) is 5.75 Å². The Morgan fingerprint density at radius 2 is 1.94 bits per heavy atom. The first kappa shape index (κ1) is 12.4. The minimum atomic E-state index is 0.0546. The second-order valence-electron chi connectivity index (χ2n) is 4.29. The number of nitrogens with two attached hydrogens (primary N) is 1. The van der Waals surface area contributed by atoms with Crippen molar-refractivity contribution in [2.24, 2.45) is 5.73 Å². The van der Waals surface area contributed by atoms with E-state index in [9.17, 15) is 0 Å². The fourth-order valence-electron chi connectivity index (χ4n) is 2.02. The molecule has 17 heavy (non-hydrogen) atoms. The zero-order valence-corrected chi connectivity index (χ0v) is 10.3. The Morgan fingerprint density at radius 1 is 1.29 bits per heavy atom. The maximum atomic E-state index is 6.19. The van der Waals surface area contributed by atoms with Gasteiger partial charge in [0, 0.05) is 25.7 Å². The van der Waals surface area contributed by atoms with Gasteiger partial charge in [0.15, 0.2) is 0 Å². The molecule has 0 aliphatic carbocycles. The lowest BCUT2D eigenvalue weighted by Crippen LogP contribution is -2.40. The van der Waals surface area contributed by atoms with Gasteiger partial charge in [-0.2, -0.15) is 0 Å². The summed E-state index contributed by atoms with van der Waals surface area (Å²) in [6.45, 7) is 4.47. The lowest BCUT2D eigenvalue weighted by atomic mass is 10.1. The van der Waals surface area contributed by atoms with Gasteiger partial charge in [0.1, 0.15) is 5.75 Å². The molecule has 0 unspecified atom stereocenters. The topological polar surface area (TPSA) is 47.7 Å². The maximum absolute atomic E-state index is 6.19. The van der Waals surface area contributed by atoms with E-state index in [0.717, 1.165) is 44.2 Å². The number of rotatable bonds is 4. The van der Waals surface area contributed by atoms with Crippen LogP contribution in [-0.4, -0.2) is 44.9 Å². The van der Waals surface area contributed by atoms with E-state index in [0.29, 0.717) is 0 Å². The summed E-state index contributed by atoms with van der Waals surface area (Å²) >= 11 is 0. The summed E-state index contributed by atoms with van der Waals surface area (Å²) in [6, 6.07) is 8.02. The number of nitrogens with zero attached hydrogens (tertiary/aromatic N) is 1. The van der Waals surface area contributed by atoms with E-state index in [1.165, 1.54) is 0 Å². The third kappa shape index (κ3) is 3.43. The van der Waals surface area contributed by atoms with Crippen LogP contribution >= 0.6 is 0 Å². The van der Waals surface area contributed by atoms with Crippen LogP contribution < -0.4 is 10.5 Å². The van der Waals surface area contributed by atoms with Gasteiger partial charge in [-0.05, 0) is 17.7 Å². The molecule has 1 fully saturated rings. The third-order valence-electron chi connectivity index (χ3n) is 3.10. The van der Waals surface area contributed by atoms with Gasteiger partial charge in [0.25, 0.3) is 0 Å². The summed E-state index contributed by atoms with van der Waals surface area (Å²) in [6.07, 6.45) is 0. The normalized spacial score (nSPS) is 18.9. The molecule has 1 heterocycles. The van der Waals surface area contributed by atoms with Crippen LogP contribution in [0, 0.1) is 0 Å². The molecule has 4 nitrogen and oxygen atoms in total. The van der Waals surface area contributed by atoms with Gasteiger partial charge in [-0.3, -0.25) is 4.90 Å². The molecule has 1 atom stereocenters. The number of morpholine rings is 1. The van der Waals surface area contributed by atoms with E-state index in [1.54, 1.807) is 7.11 Å². The highest BCUT2D eigenvalue weighted by Gasteiger charge is 2.15. The Balaban J connectivity index is 1.91. The minimum absolute atomic E-state index is 0.0546. The molecule has 4 heteroatoms. The van der Waals surface area contributed by atoms with Crippen LogP contribution in [-0.2, 0) is 4.74 Å². The van der Waals surface area contributed by atoms with E-state index in [-0.39, 0.29) is 6.04 Å².